The van der Waals surface area contributed by atoms with Gasteiger partial charge in [0.05, 0.1) is 4.58 Å². The van der Waals surface area contributed by atoms with Crippen LogP contribution in [0.1, 0.15) is 23.0 Å². The second kappa shape index (κ2) is 9.44. The van der Waals surface area contributed by atoms with Crippen LogP contribution >= 0.6 is 35.3 Å². The average molecular weight is 376 g/mol. The highest BCUT2D eigenvalue weighted by Gasteiger charge is 2.16. The van der Waals surface area contributed by atoms with Gasteiger partial charge in [-0.05, 0) is 47.8 Å². The fraction of sp³-hybridized carbons (Fsp3) is 0.316. The minimum atomic E-state index is 0.0829. The average Bonchev–Trinajstić information content (AvgIpc) is 2.63. The van der Waals surface area contributed by atoms with Gasteiger partial charge in [-0.3, -0.25) is 4.79 Å². The van der Waals surface area contributed by atoms with Gasteiger partial charge in [0.25, 0.3) is 0 Å². The van der Waals surface area contributed by atoms with E-state index in [4.69, 9.17) is 0 Å². The number of hydrogen-bond acceptors (Lipinski definition) is 4. The molecule has 2 aromatic carbocycles. The largest absolute Gasteiger partial charge is 0.326 e. The second-order valence-corrected chi connectivity index (χ2v) is 9.40. The van der Waals surface area contributed by atoms with Gasteiger partial charge in [0.2, 0.25) is 5.91 Å². The van der Waals surface area contributed by atoms with Crippen LogP contribution in [0.15, 0.2) is 59.5 Å². The smallest absolute Gasteiger partial charge is 0.225 e. The van der Waals surface area contributed by atoms with Gasteiger partial charge in [-0.2, -0.15) is 0 Å². The van der Waals surface area contributed by atoms with Gasteiger partial charge in [-0.15, -0.1) is 35.3 Å². The summed E-state index contributed by atoms with van der Waals surface area (Å²) >= 11 is 5.72. The van der Waals surface area contributed by atoms with E-state index >= 15 is 0 Å². The van der Waals surface area contributed by atoms with Gasteiger partial charge in [-0.25, -0.2) is 0 Å². The molecular weight excluding hydrogens is 354 g/mol. The Bertz CT molecular complexity index is 657. The Hall–Kier alpha value is -1.04. The van der Waals surface area contributed by atoms with Crippen LogP contribution in [0.4, 0.5) is 5.69 Å². The summed E-state index contributed by atoms with van der Waals surface area (Å²) < 4.78 is 0.504. The van der Waals surface area contributed by atoms with E-state index in [-0.39, 0.29) is 5.91 Å². The predicted molar refractivity (Wildman–Crippen MR) is 109 cm³/mol. The van der Waals surface area contributed by atoms with Crippen molar-refractivity contribution >= 4 is 46.9 Å². The second-order valence-electron chi connectivity index (χ2n) is 5.51. The Morgan fingerprint density at radius 3 is 2.67 bits per heavy atom. The first kappa shape index (κ1) is 17.8. The molecular formula is C19H21NOS3. The molecule has 24 heavy (non-hydrogen) atoms. The van der Waals surface area contributed by atoms with Crippen LogP contribution in [-0.4, -0.2) is 23.2 Å². The van der Waals surface area contributed by atoms with Crippen LogP contribution in [0, 0.1) is 0 Å². The van der Waals surface area contributed by atoms with Gasteiger partial charge in [-0.1, -0.05) is 30.3 Å². The molecule has 1 saturated heterocycles. The fourth-order valence-electron chi connectivity index (χ4n) is 2.45. The number of amides is 1. The number of anilines is 1. The number of carbonyl (C=O) groups excluding carboxylic acids is 1. The summed E-state index contributed by atoms with van der Waals surface area (Å²) in [5.41, 5.74) is 2.22. The van der Waals surface area contributed by atoms with E-state index < -0.39 is 0 Å². The van der Waals surface area contributed by atoms with Gasteiger partial charge >= 0.3 is 0 Å². The summed E-state index contributed by atoms with van der Waals surface area (Å²) in [7, 11) is 0. The van der Waals surface area contributed by atoms with Crippen LogP contribution in [0.3, 0.4) is 0 Å². The van der Waals surface area contributed by atoms with E-state index in [1.54, 1.807) is 11.8 Å². The molecule has 2 aromatic rings. The molecule has 2 nitrogen and oxygen atoms in total. The maximum atomic E-state index is 12.2. The Morgan fingerprint density at radius 1 is 1.08 bits per heavy atom. The van der Waals surface area contributed by atoms with E-state index in [0.717, 1.165) is 11.4 Å². The van der Waals surface area contributed by atoms with Gasteiger partial charge in [0.15, 0.2) is 0 Å². The van der Waals surface area contributed by atoms with Gasteiger partial charge in [0.1, 0.15) is 0 Å². The lowest BCUT2D eigenvalue weighted by atomic mass is 10.2. The summed E-state index contributed by atoms with van der Waals surface area (Å²) in [6.07, 6.45) is 1.82. The van der Waals surface area contributed by atoms with Crippen molar-refractivity contribution in [3.63, 3.8) is 0 Å². The topological polar surface area (TPSA) is 29.1 Å². The molecule has 1 aliphatic rings. The van der Waals surface area contributed by atoms with E-state index in [9.17, 15) is 4.79 Å². The number of hydrogen-bond donors (Lipinski definition) is 1. The third-order valence-electron chi connectivity index (χ3n) is 3.61. The molecule has 1 fully saturated rings. The Morgan fingerprint density at radius 2 is 1.88 bits per heavy atom. The third-order valence-corrected chi connectivity index (χ3v) is 7.64. The lowest BCUT2D eigenvalue weighted by Crippen LogP contribution is -2.12. The number of carbonyl (C=O) groups is 1. The third kappa shape index (κ3) is 5.50. The lowest BCUT2D eigenvalue weighted by molar-refractivity contribution is -0.115. The zero-order valence-electron chi connectivity index (χ0n) is 13.4. The Kier molecular flexibility index (Phi) is 6.99. The van der Waals surface area contributed by atoms with Gasteiger partial charge in [0, 0.05) is 22.8 Å². The summed E-state index contributed by atoms with van der Waals surface area (Å²) in [4.78, 5) is 13.4. The maximum absolute atomic E-state index is 12.2. The van der Waals surface area contributed by atoms with Crippen molar-refractivity contribution in [2.75, 3.05) is 22.6 Å². The van der Waals surface area contributed by atoms with E-state index in [0.29, 0.717) is 11.0 Å². The molecule has 1 amide bonds. The molecule has 126 valence electrons. The Labute approximate surface area is 156 Å². The van der Waals surface area contributed by atoms with Crippen molar-refractivity contribution < 1.29 is 4.79 Å². The summed E-state index contributed by atoms with van der Waals surface area (Å²) in [5, 5.41) is 3.04. The zero-order valence-corrected chi connectivity index (χ0v) is 15.9. The van der Waals surface area contributed by atoms with Crippen molar-refractivity contribution in [1.29, 1.82) is 0 Å². The molecule has 1 N–H and O–H groups in total. The van der Waals surface area contributed by atoms with Crippen molar-refractivity contribution in [2.45, 2.75) is 22.3 Å². The molecule has 0 bridgehead atoms. The summed E-state index contributed by atoms with van der Waals surface area (Å²) in [6.45, 7) is 0. The van der Waals surface area contributed by atoms with E-state index in [1.807, 2.05) is 53.9 Å². The van der Waals surface area contributed by atoms with Crippen molar-refractivity contribution in [3.8, 4) is 0 Å². The highest BCUT2D eigenvalue weighted by atomic mass is 32.2. The first-order valence-corrected chi connectivity index (χ1v) is 11.2. The van der Waals surface area contributed by atoms with Crippen molar-refractivity contribution in [3.05, 3.63) is 60.2 Å². The minimum Gasteiger partial charge on any atom is -0.326 e. The zero-order chi connectivity index (χ0) is 16.6. The number of nitrogens with one attached hydrogen (secondary N) is 1. The number of thioether (sulfide) groups is 3. The first-order chi connectivity index (χ1) is 11.8. The molecule has 0 aliphatic carbocycles. The van der Waals surface area contributed by atoms with Crippen molar-refractivity contribution in [1.82, 2.24) is 0 Å². The predicted octanol–water partition coefficient (Wildman–Crippen LogP) is 5.68. The number of benzene rings is 2. The van der Waals surface area contributed by atoms with Crippen LogP contribution in [-0.2, 0) is 4.79 Å². The monoisotopic (exact) mass is 375 g/mol. The SMILES string of the molecule is O=C(CCSc1ccccc1)Nc1cccc(C2SCCCS2)c1. The molecule has 3 rings (SSSR count). The van der Waals surface area contributed by atoms with Crippen LogP contribution in [0.25, 0.3) is 0 Å². The molecule has 0 unspecified atom stereocenters. The van der Waals surface area contributed by atoms with Crippen molar-refractivity contribution in [2.24, 2.45) is 0 Å². The molecule has 0 saturated carbocycles. The Balaban J connectivity index is 1.49. The molecule has 0 spiro atoms. The minimum absolute atomic E-state index is 0.0829. The lowest BCUT2D eigenvalue weighted by Gasteiger charge is -2.21. The molecule has 5 heteroatoms. The first-order valence-electron chi connectivity index (χ1n) is 8.12. The standard InChI is InChI=1S/C19H21NOS3/c21-18(10-13-22-17-8-2-1-3-9-17)20-16-7-4-6-15(14-16)19-23-11-5-12-24-19/h1-4,6-9,14,19H,5,10-13H2,(H,20,21). The maximum Gasteiger partial charge on any atom is 0.225 e. The van der Waals surface area contributed by atoms with Crippen LogP contribution in [0.2, 0.25) is 0 Å². The highest BCUT2D eigenvalue weighted by Crippen LogP contribution is 2.44. The molecule has 1 heterocycles. The van der Waals surface area contributed by atoms with E-state index in [2.05, 4.69) is 29.6 Å². The number of rotatable bonds is 6. The highest BCUT2D eigenvalue weighted by molar-refractivity contribution is 8.16. The summed E-state index contributed by atoms with van der Waals surface area (Å²) in [6, 6.07) is 18.5. The normalized spacial score (nSPS) is 15.2. The van der Waals surface area contributed by atoms with E-state index in [1.165, 1.54) is 28.4 Å². The summed E-state index contributed by atoms with van der Waals surface area (Å²) in [5.74, 6) is 3.33. The quantitative estimate of drug-likeness (QED) is 0.658. The fourth-order valence-corrected chi connectivity index (χ4v) is 6.19. The molecule has 0 atom stereocenters. The van der Waals surface area contributed by atoms with Crippen LogP contribution < -0.4 is 5.32 Å². The molecule has 0 radical (unpaired) electrons. The molecule has 1 aliphatic heterocycles. The van der Waals surface area contributed by atoms with Crippen LogP contribution in [0.5, 0.6) is 0 Å². The van der Waals surface area contributed by atoms with Gasteiger partial charge < -0.3 is 5.32 Å². The molecule has 0 aromatic heterocycles.